The minimum absolute atomic E-state index is 0.231. The second-order valence-corrected chi connectivity index (χ2v) is 4.04. The Morgan fingerprint density at radius 1 is 1.00 bits per heavy atom. The number of benzene rings is 2. The molecule has 2 aromatic carbocycles. The molecule has 0 unspecified atom stereocenters. The lowest BCUT2D eigenvalue weighted by molar-refractivity contribution is 0.214. The van der Waals surface area contributed by atoms with Crippen LogP contribution in [-0.4, -0.2) is 19.3 Å². The molecule has 0 radical (unpaired) electrons. The molecule has 3 nitrogen and oxygen atoms in total. The summed E-state index contributed by atoms with van der Waals surface area (Å²) < 4.78 is 23.9. The van der Waals surface area contributed by atoms with Crippen molar-refractivity contribution >= 4 is 0 Å². The van der Waals surface area contributed by atoms with E-state index in [0.29, 0.717) is 17.1 Å². The first-order chi connectivity index (χ1) is 9.17. The second kappa shape index (κ2) is 5.71. The van der Waals surface area contributed by atoms with Crippen LogP contribution < -0.4 is 9.47 Å². The van der Waals surface area contributed by atoms with E-state index in [1.165, 1.54) is 20.3 Å². The highest BCUT2D eigenvalue weighted by atomic mass is 19.1. The van der Waals surface area contributed by atoms with Crippen LogP contribution in [0.2, 0.25) is 0 Å². The molecular formula is C15H15FO3. The molecule has 2 rings (SSSR count). The highest BCUT2D eigenvalue weighted by Crippen LogP contribution is 2.32. The zero-order valence-electron chi connectivity index (χ0n) is 10.8. The SMILES string of the molecule is COc1ccc([C@@H](O)c2ccccc2F)cc1OC. The largest absolute Gasteiger partial charge is 0.493 e. The molecule has 1 N–H and O–H groups in total. The van der Waals surface area contributed by atoms with E-state index in [0.717, 1.165) is 0 Å². The summed E-state index contributed by atoms with van der Waals surface area (Å²) in [4.78, 5) is 0. The van der Waals surface area contributed by atoms with Crippen LogP contribution in [0.1, 0.15) is 17.2 Å². The summed E-state index contributed by atoms with van der Waals surface area (Å²) in [5.41, 5.74) is 0.775. The number of hydrogen-bond donors (Lipinski definition) is 1. The zero-order valence-corrected chi connectivity index (χ0v) is 10.8. The minimum Gasteiger partial charge on any atom is -0.493 e. The Labute approximate surface area is 111 Å². The second-order valence-electron chi connectivity index (χ2n) is 4.04. The molecule has 0 aromatic heterocycles. The molecule has 0 amide bonds. The number of halogens is 1. The molecule has 0 fully saturated rings. The van der Waals surface area contributed by atoms with Gasteiger partial charge in [-0.25, -0.2) is 4.39 Å². The molecule has 0 aliphatic heterocycles. The Morgan fingerprint density at radius 3 is 2.32 bits per heavy atom. The first kappa shape index (κ1) is 13.4. The maximum absolute atomic E-state index is 13.6. The summed E-state index contributed by atoms with van der Waals surface area (Å²) in [6.45, 7) is 0. The van der Waals surface area contributed by atoms with Gasteiger partial charge in [0.15, 0.2) is 11.5 Å². The van der Waals surface area contributed by atoms with E-state index in [2.05, 4.69) is 0 Å². The number of aliphatic hydroxyl groups excluding tert-OH is 1. The van der Waals surface area contributed by atoms with E-state index in [9.17, 15) is 9.50 Å². The van der Waals surface area contributed by atoms with Gasteiger partial charge >= 0.3 is 0 Å². The van der Waals surface area contributed by atoms with Crippen LogP contribution in [0.25, 0.3) is 0 Å². The molecule has 100 valence electrons. The van der Waals surface area contributed by atoms with Crippen molar-refractivity contribution in [3.8, 4) is 11.5 Å². The third kappa shape index (κ3) is 2.69. The number of rotatable bonds is 4. The Hall–Kier alpha value is -2.07. The fraction of sp³-hybridized carbons (Fsp3) is 0.200. The van der Waals surface area contributed by atoms with Crippen LogP contribution in [0.4, 0.5) is 4.39 Å². The van der Waals surface area contributed by atoms with Gasteiger partial charge in [-0.1, -0.05) is 24.3 Å². The van der Waals surface area contributed by atoms with E-state index < -0.39 is 11.9 Å². The number of ether oxygens (including phenoxy) is 2. The van der Waals surface area contributed by atoms with Gasteiger partial charge in [0, 0.05) is 5.56 Å². The molecule has 1 atom stereocenters. The minimum atomic E-state index is -1.04. The topological polar surface area (TPSA) is 38.7 Å². The monoisotopic (exact) mass is 262 g/mol. The van der Waals surface area contributed by atoms with Crippen LogP contribution in [-0.2, 0) is 0 Å². The summed E-state index contributed by atoms with van der Waals surface area (Å²) >= 11 is 0. The maximum atomic E-state index is 13.6. The highest BCUT2D eigenvalue weighted by molar-refractivity contribution is 5.45. The fourth-order valence-electron chi connectivity index (χ4n) is 1.90. The quantitative estimate of drug-likeness (QED) is 0.920. The molecule has 19 heavy (non-hydrogen) atoms. The van der Waals surface area contributed by atoms with Gasteiger partial charge in [-0.3, -0.25) is 0 Å². The van der Waals surface area contributed by atoms with E-state index in [-0.39, 0.29) is 5.56 Å². The molecule has 0 spiro atoms. The summed E-state index contributed by atoms with van der Waals surface area (Å²) in [7, 11) is 3.04. The third-order valence-electron chi connectivity index (χ3n) is 2.92. The molecule has 0 saturated heterocycles. The van der Waals surface area contributed by atoms with E-state index >= 15 is 0 Å². The Morgan fingerprint density at radius 2 is 1.68 bits per heavy atom. The highest BCUT2D eigenvalue weighted by Gasteiger charge is 2.16. The van der Waals surface area contributed by atoms with Gasteiger partial charge in [0.05, 0.1) is 14.2 Å². The van der Waals surface area contributed by atoms with Crippen molar-refractivity contribution in [3.63, 3.8) is 0 Å². The standard InChI is InChI=1S/C15H15FO3/c1-18-13-8-7-10(9-14(13)19-2)15(17)11-5-3-4-6-12(11)16/h3-9,15,17H,1-2H3/t15-/m1/s1. The van der Waals surface area contributed by atoms with Crippen molar-refractivity contribution in [3.05, 3.63) is 59.4 Å². The van der Waals surface area contributed by atoms with Crippen molar-refractivity contribution < 1.29 is 19.0 Å². The molecule has 0 heterocycles. The molecule has 0 saturated carbocycles. The van der Waals surface area contributed by atoms with Crippen molar-refractivity contribution in [1.82, 2.24) is 0 Å². The first-order valence-corrected chi connectivity index (χ1v) is 5.81. The number of aliphatic hydroxyl groups is 1. The first-order valence-electron chi connectivity index (χ1n) is 5.81. The van der Waals surface area contributed by atoms with E-state index in [1.54, 1.807) is 36.4 Å². The van der Waals surface area contributed by atoms with Gasteiger partial charge in [0.2, 0.25) is 0 Å². The van der Waals surface area contributed by atoms with Crippen LogP contribution in [0, 0.1) is 5.82 Å². The van der Waals surface area contributed by atoms with Gasteiger partial charge in [-0.15, -0.1) is 0 Å². The van der Waals surface area contributed by atoms with Crippen LogP contribution >= 0.6 is 0 Å². The third-order valence-corrected chi connectivity index (χ3v) is 2.92. The normalized spacial score (nSPS) is 12.0. The Kier molecular flexibility index (Phi) is 4.02. The molecule has 0 aliphatic carbocycles. The summed E-state index contributed by atoms with van der Waals surface area (Å²) in [6.07, 6.45) is -1.04. The number of methoxy groups -OCH3 is 2. The maximum Gasteiger partial charge on any atom is 0.161 e. The Bertz CT molecular complexity index is 569. The Balaban J connectivity index is 2.39. The molecule has 0 bridgehead atoms. The number of hydrogen-bond acceptors (Lipinski definition) is 3. The molecule has 2 aromatic rings. The van der Waals surface area contributed by atoms with Gasteiger partial charge < -0.3 is 14.6 Å². The summed E-state index contributed by atoms with van der Waals surface area (Å²) in [6, 6.07) is 11.1. The average Bonchev–Trinajstić information content (AvgIpc) is 2.46. The van der Waals surface area contributed by atoms with Crippen molar-refractivity contribution in [2.75, 3.05) is 14.2 Å². The average molecular weight is 262 g/mol. The van der Waals surface area contributed by atoms with Gasteiger partial charge in [-0.2, -0.15) is 0 Å². The lowest BCUT2D eigenvalue weighted by Crippen LogP contribution is -2.03. The summed E-state index contributed by atoms with van der Waals surface area (Å²) in [5, 5.41) is 10.2. The van der Waals surface area contributed by atoms with Crippen molar-refractivity contribution in [2.45, 2.75) is 6.10 Å². The zero-order chi connectivity index (χ0) is 13.8. The van der Waals surface area contributed by atoms with E-state index in [1.807, 2.05) is 0 Å². The van der Waals surface area contributed by atoms with Gasteiger partial charge in [0.1, 0.15) is 11.9 Å². The lowest BCUT2D eigenvalue weighted by atomic mass is 10.0. The van der Waals surface area contributed by atoms with Crippen molar-refractivity contribution in [1.29, 1.82) is 0 Å². The van der Waals surface area contributed by atoms with Gasteiger partial charge in [-0.05, 0) is 23.8 Å². The van der Waals surface area contributed by atoms with Crippen LogP contribution in [0.5, 0.6) is 11.5 Å². The van der Waals surface area contributed by atoms with E-state index in [4.69, 9.17) is 9.47 Å². The summed E-state index contributed by atoms with van der Waals surface area (Å²) in [5.74, 6) is 0.618. The smallest absolute Gasteiger partial charge is 0.161 e. The molecular weight excluding hydrogens is 247 g/mol. The van der Waals surface area contributed by atoms with Crippen molar-refractivity contribution in [2.24, 2.45) is 0 Å². The van der Waals surface area contributed by atoms with Crippen LogP contribution in [0.3, 0.4) is 0 Å². The molecule has 0 aliphatic rings. The predicted molar refractivity (Wildman–Crippen MR) is 70.0 cm³/mol. The van der Waals surface area contributed by atoms with Gasteiger partial charge in [0.25, 0.3) is 0 Å². The van der Waals surface area contributed by atoms with Crippen LogP contribution in [0.15, 0.2) is 42.5 Å². The lowest BCUT2D eigenvalue weighted by Gasteiger charge is -2.15. The fourth-order valence-corrected chi connectivity index (χ4v) is 1.90. The predicted octanol–water partition coefficient (Wildman–Crippen LogP) is 2.92. The molecule has 4 heteroatoms.